The highest BCUT2D eigenvalue weighted by Crippen LogP contribution is 2.36. The molecule has 120 valence electrons. The molecule has 0 fully saturated rings. The number of aliphatic carboxylic acids is 1. The number of hydrogen-bond acceptors (Lipinski definition) is 5. The summed E-state index contributed by atoms with van der Waals surface area (Å²) in [5.41, 5.74) is 7.45. The normalized spacial score (nSPS) is 13.3. The number of rotatable bonds is 7. The number of non-ortho nitro benzene ring substituents is 1. The van der Waals surface area contributed by atoms with Crippen LogP contribution in [0.1, 0.15) is 16.4 Å². The summed E-state index contributed by atoms with van der Waals surface area (Å²) in [6, 6.07) is 14.9. The maximum Gasteiger partial charge on any atom is 0.321 e. The number of nitro benzene ring substituents is 1. The molecule has 2 rings (SSSR count). The Bertz CT molecular complexity index is 676. The lowest BCUT2D eigenvalue weighted by Gasteiger charge is -2.18. The van der Waals surface area contributed by atoms with Crippen molar-refractivity contribution < 1.29 is 14.8 Å². The highest BCUT2D eigenvalue weighted by Gasteiger charge is 2.19. The van der Waals surface area contributed by atoms with E-state index in [0.717, 1.165) is 11.1 Å². The fourth-order valence-electron chi connectivity index (χ4n) is 2.05. The monoisotopic (exact) mass is 332 g/mol. The number of hydrogen-bond donors (Lipinski definition) is 2. The number of carboxylic acid groups (broad SMARTS) is 1. The highest BCUT2D eigenvalue weighted by atomic mass is 32.2. The third kappa shape index (κ3) is 4.54. The molecule has 0 saturated heterocycles. The van der Waals surface area contributed by atoms with Crippen molar-refractivity contribution in [2.75, 3.05) is 5.75 Å². The summed E-state index contributed by atoms with van der Waals surface area (Å²) in [4.78, 5) is 21.2. The molecule has 0 amide bonds. The van der Waals surface area contributed by atoms with Gasteiger partial charge < -0.3 is 10.8 Å². The Morgan fingerprint density at radius 2 is 1.70 bits per heavy atom. The molecular weight excluding hydrogens is 316 g/mol. The molecule has 0 bridgehead atoms. The molecular formula is C16H16N2O4S. The van der Waals surface area contributed by atoms with Gasteiger partial charge in [0.2, 0.25) is 0 Å². The molecule has 2 atom stereocenters. The van der Waals surface area contributed by atoms with Crippen molar-refractivity contribution in [1.82, 2.24) is 0 Å². The molecule has 23 heavy (non-hydrogen) atoms. The summed E-state index contributed by atoms with van der Waals surface area (Å²) >= 11 is 1.40. The predicted octanol–water partition coefficient (Wildman–Crippen LogP) is 2.83. The first-order chi connectivity index (χ1) is 11.0. The molecule has 0 aliphatic carbocycles. The minimum Gasteiger partial charge on any atom is -0.480 e. The molecule has 0 radical (unpaired) electrons. The van der Waals surface area contributed by atoms with Crippen LogP contribution in [0.3, 0.4) is 0 Å². The number of carbonyl (C=O) groups is 1. The van der Waals surface area contributed by atoms with Crippen molar-refractivity contribution in [1.29, 1.82) is 0 Å². The maximum atomic E-state index is 10.9. The smallest absolute Gasteiger partial charge is 0.321 e. The fraction of sp³-hybridized carbons (Fsp3) is 0.188. The molecule has 0 heterocycles. The molecule has 2 unspecified atom stereocenters. The standard InChI is InChI=1S/C16H16N2O4S/c17-14(16(19)20)10-23-15(11-4-2-1-3-5-11)12-6-8-13(9-7-12)18(21)22/h1-9,14-15H,10,17H2,(H,19,20). The van der Waals surface area contributed by atoms with E-state index in [-0.39, 0.29) is 16.7 Å². The summed E-state index contributed by atoms with van der Waals surface area (Å²) in [7, 11) is 0. The third-order valence-electron chi connectivity index (χ3n) is 3.27. The van der Waals surface area contributed by atoms with Gasteiger partial charge in [0.15, 0.2) is 0 Å². The van der Waals surface area contributed by atoms with Gasteiger partial charge in [0, 0.05) is 17.9 Å². The van der Waals surface area contributed by atoms with Crippen LogP contribution in [0.25, 0.3) is 0 Å². The zero-order chi connectivity index (χ0) is 16.8. The fourth-order valence-corrected chi connectivity index (χ4v) is 3.30. The second-order valence-corrected chi connectivity index (χ2v) is 6.06. The zero-order valence-corrected chi connectivity index (χ0v) is 13.0. The molecule has 0 aliphatic rings. The quantitative estimate of drug-likeness (QED) is 0.596. The van der Waals surface area contributed by atoms with Gasteiger partial charge in [-0.1, -0.05) is 42.5 Å². The van der Waals surface area contributed by atoms with Gasteiger partial charge in [0.25, 0.3) is 5.69 Å². The lowest BCUT2D eigenvalue weighted by atomic mass is 10.0. The number of carboxylic acids is 1. The Morgan fingerprint density at radius 1 is 1.13 bits per heavy atom. The average Bonchev–Trinajstić information content (AvgIpc) is 2.56. The molecule has 7 heteroatoms. The van der Waals surface area contributed by atoms with Crippen molar-refractivity contribution in [3.8, 4) is 0 Å². The first-order valence-corrected chi connectivity index (χ1v) is 7.93. The van der Waals surface area contributed by atoms with Crippen molar-refractivity contribution in [2.45, 2.75) is 11.3 Å². The molecule has 0 aromatic heterocycles. The molecule has 2 aromatic carbocycles. The first-order valence-electron chi connectivity index (χ1n) is 6.88. The van der Waals surface area contributed by atoms with E-state index >= 15 is 0 Å². The number of nitrogens with zero attached hydrogens (tertiary/aromatic N) is 1. The molecule has 0 aliphatic heterocycles. The van der Waals surface area contributed by atoms with Crippen LogP contribution < -0.4 is 5.73 Å². The lowest BCUT2D eigenvalue weighted by molar-refractivity contribution is -0.384. The summed E-state index contributed by atoms with van der Waals surface area (Å²) < 4.78 is 0. The van der Waals surface area contributed by atoms with E-state index in [9.17, 15) is 14.9 Å². The summed E-state index contributed by atoms with van der Waals surface area (Å²) in [5.74, 6) is -0.806. The Balaban J connectivity index is 2.26. The van der Waals surface area contributed by atoms with E-state index in [0.29, 0.717) is 0 Å². The van der Waals surface area contributed by atoms with Gasteiger partial charge in [0.05, 0.1) is 10.2 Å². The molecule has 0 saturated carbocycles. The minimum atomic E-state index is -1.05. The highest BCUT2D eigenvalue weighted by molar-refractivity contribution is 7.99. The summed E-state index contributed by atoms with van der Waals surface area (Å²) in [6.07, 6.45) is 0. The van der Waals surface area contributed by atoms with Crippen LogP contribution in [0.4, 0.5) is 5.69 Å². The Morgan fingerprint density at radius 3 is 2.22 bits per heavy atom. The number of benzene rings is 2. The predicted molar refractivity (Wildman–Crippen MR) is 89.5 cm³/mol. The van der Waals surface area contributed by atoms with Gasteiger partial charge in [-0.15, -0.1) is 11.8 Å². The van der Waals surface area contributed by atoms with E-state index in [2.05, 4.69) is 0 Å². The van der Waals surface area contributed by atoms with Crippen LogP contribution in [-0.4, -0.2) is 27.8 Å². The van der Waals surface area contributed by atoms with E-state index < -0.39 is 16.9 Å². The number of nitro groups is 1. The Hall–Kier alpha value is -2.38. The molecule has 2 aromatic rings. The van der Waals surface area contributed by atoms with Crippen LogP contribution in [0, 0.1) is 10.1 Å². The molecule has 6 nitrogen and oxygen atoms in total. The zero-order valence-electron chi connectivity index (χ0n) is 12.2. The lowest BCUT2D eigenvalue weighted by Crippen LogP contribution is -2.32. The van der Waals surface area contributed by atoms with Crippen LogP contribution in [0.15, 0.2) is 54.6 Å². The van der Waals surface area contributed by atoms with Gasteiger partial charge in [0.1, 0.15) is 6.04 Å². The second kappa shape index (κ2) is 7.75. The Labute approximate surface area is 137 Å². The van der Waals surface area contributed by atoms with Crippen molar-refractivity contribution in [3.63, 3.8) is 0 Å². The van der Waals surface area contributed by atoms with Gasteiger partial charge in [-0.2, -0.15) is 0 Å². The summed E-state index contributed by atoms with van der Waals surface area (Å²) in [6.45, 7) is 0. The van der Waals surface area contributed by atoms with Crippen LogP contribution in [0.2, 0.25) is 0 Å². The van der Waals surface area contributed by atoms with Crippen LogP contribution in [0.5, 0.6) is 0 Å². The number of nitrogens with two attached hydrogens (primary N) is 1. The first kappa shape index (κ1) is 17.0. The van der Waals surface area contributed by atoms with Crippen LogP contribution >= 0.6 is 11.8 Å². The maximum absolute atomic E-state index is 10.9. The van der Waals surface area contributed by atoms with Gasteiger partial charge >= 0.3 is 5.97 Å². The topological polar surface area (TPSA) is 106 Å². The Kier molecular flexibility index (Phi) is 5.72. The van der Waals surface area contributed by atoms with E-state index in [1.165, 1.54) is 23.9 Å². The van der Waals surface area contributed by atoms with E-state index in [4.69, 9.17) is 10.8 Å². The van der Waals surface area contributed by atoms with E-state index in [1.807, 2.05) is 30.3 Å². The van der Waals surface area contributed by atoms with Crippen molar-refractivity contribution in [2.24, 2.45) is 5.73 Å². The van der Waals surface area contributed by atoms with Gasteiger partial charge in [-0.05, 0) is 11.1 Å². The van der Waals surface area contributed by atoms with Gasteiger partial charge in [-0.25, -0.2) is 0 Å². The summed E-state index contributed by atoms with van der Waals surface area (Å²) in [5, 5.41) is 19.5. The van der Waals surface area contributed by atoms with Crippen LogP contribution in [-0.2, 0) is 4.79 Å². The van der Waals surface area contributed by atoms with Gasteiger partial charge in [-0.3, -0.25) is 14.9 Å². The largest absolute Gasteiger partial charge is 0.480 e. The molecule has 0 spiro atoms. The average molecular weight is 332 g/mol. The van der Waals surface area contributed by atoms with Crippen molar-refractivity contribution in [3.05, 3.63) is 75.8 Å². The SMILES string of the molecule is NC(CSC(c1ccccc1)c1ccc([N+](=O)[O-])cc1)C(=O)O. The molecule has 3 N–H and O–H groups in total. The second-order valence-electron chi connectivity index (χ2n) is 4.92. The third-order valence-corrected chi connectivity index (χ3v) is 4.70. The van der Waals surface area contributed by atoms with E-state index in [1.54, 1.807) is 12.1 Å². The minimum absolute atomic E-state index is 0.0211. The van der Waals surface area contributed by atoms with Crippen molar-refractivity contribution >= 4 is 23.4 Å². The number of thioether (sulfide) groups is 1.